The van der Waals surface area contributed by atoms with Crippen molar-refractivity contribution in [3.05, 3.63) is 35.4 Å². The van der Waals surface area contributed by atoms with Crippen molar-refractivity contribution < 1.29 is 9.59 Å². The average molecular weight is 331 g/mol. The van der Waals surface area contributed by atoms with Crippen LogP contribution in [0.5, 0.6) is 0 Å². The number of carbonyl (C=O) groups excluding carboxylic acids is 2. The van der Waals surface area contributed by atoms with E-state index in [0.717, 1.165) is 38.0 Å². The molecule has 2 rings (SSSR count). The zero-order chi connectivity index (χ0) is 17.4. The average Bonchev–Trinajstić information content (AvgIpc) is 2.58. The molecule has 0 atom stereocenters. The second kappa shape index (κ2) is 9.42. The lowest BCUT2D eigenvalue weighted by Gasteiger charge is -2.34. The summed E-state index contributed by atoms with van der Waals surface area (Å²) in [6.45, 7) is 8.28. The van der Waals surface area contributed by atoms with Gasteiger partial charge in [0.05, 0.1) is 13.0 Å². The fourth-order valence-corrected chi connectivity index (χ4v) is 2.81. The van der Waals surface area contributed by atoms with Gasteiger partial charge >= 0.3 is 0 Å². The lowest BCUT2D eigenvalue weighted by molar-refractivity contribution is -0.132. The highest BCUT2D eigenvalue weighted by atomic mass is 16.2. The Kier molecular flexibility index (Phi) is 7.25. The number of benzene rings is 1. The van der Waals surface area contributed by atoms with E-state index in [-0.39, 0.29) is 11.8 Å². The lowest BCUT2D eigenvalue weighted by atomic mass is 10.1. The first kappa shape index (κ1) is 18.5. The number of carbonyl (C=O) groups is 2. The summed E-state index contributed by atoms with van der Waals surface area (Å²) in [7, 11) is 0. The molecular formula is C19H29N3O2. The Labute approximate surface area is 145 Å². The Bertz CT molecular complexity index is 534. The molecule has 0 aliphatic carbocycles. The van der Waals surface area contributed by atoms with E-state index >= 15 is 0 Å². The highest BCUT2D eigenvalue weighted by molar-refractivity contribution is 5.79. The summed E-state index contributed by atoms with van der Waals surface area (Å²) in [5, 5.41) is 2.94. The fourth-order valence-electron chi connectivity index (χ4n) is 2.81. The van der Waals surface area contributed by atoms with Crippen LogP contribution in [0.15, 0.2) is 24.3 Å². The quantitative estimate of drug-likeness (QED) is 0.772. The van der Waals surface area contributed by atoms with Crippen molar-refractivity contribution in [2.75, 3.05) is 39.3 Å². The zero-order valence-electron chi connectivity index (χ0n) is 14.9. The maximum atomic E-state index is 12.4. The molecule has 0 spiro atoms. The van der Waals surface area contributed by atoms with Gasteiger partial charge in [0, 0.05) is 32.7 Å². The summed E-state index contributed by atoms with van der Waals surface area (Å²) in [6.07, 6.45) is 2.56. The van der Waals surface area contributed by atoms with Gasteiger partial charge in [0.2, 0.25) is 11.8 Å². The van der Waals surface area contributed by atoms with Crippen LogP contribution in [0.2, 0.25) is 0 Å². The van der Waals surface area contributed by atoms with Crippen LogP contribution >= 0.6 is 0 Å². The molecule has 1 saturated heterocycles. The molecule has 1 N–H and O–H groups in total. The molecule has 2 amide bonds. The van der Waals surface area contributed by atoms with E-state index in [1.165, 1.54) is 5.56 Å². The molecular weight excluding hydrogens is 302 g/mol. The van der Waals surface area contributed by atoms with E-state index in [1.54, 1.807) is 0 Å². The smallest absolute Gasteiger partial charge is 0.234 e. The molecule has 1 heterocycles. The molecule has 0 bridgehead atoms. The minimum atomic E-state index is 0.0860. The molecule has 1 fully saturated rings. The van der Waals surface area contributed by atoms with Gasteiger partial charge in [-0.1, -0.05) is 43.2 Å². The Morgan fingerprint density at radius 2 is 1.75 bits per heavy atom. The van der Waals surface area contributed by atoms with Gasteiger partial charge in [0.25, 0.3) is 0 Å². The van der Waals surface area contributed by atoms with Crippen molar-refractivity contribution in [3.8, 4) is 0 Å². The Morgan fingerprint density at radius 3 is 2.38 bits per heavy atom. The van der Waals surface area contributed by atoms with Crippen LogP contribution in [0.4, 0.5) is 0 Å². The summed E-state index contributed by atoms with van der Waals surface area (Å²) in [5.41, 5.74) is 2.26. The Balaban J connectivity index is 1.70. The van der Waals surface area contributed by atoms with Crippen molar-refractivity contribution >= 4 is 11.8 Å². The first-order chi connectivity index (χ1) is 11.6. The van der Waals surface area contributed by atoms with E-state index in [1.807, 2.05) is 36.1 Å². The van der Waals surface area contributed by atoms with Gasteiger partial charge in [0.15, 0.2) is 0 Å². The monoisotopic (exact) mass is 331 g/mol. The van der Waals surface area contributed by atoms with Gasteiger partial charge < -0.3 is 10.2 Å². The third-order valence-electron chi connectivity index (χ3n) is 4.42. The second-order valence-electron chi connectivity index (χ2n) is 6.52. The van der Waals surface area contributed by atoms with E-state index in [0.29, 0.717) is 26.1 Å². The normalized spacial score (nSPS) is 15.3. The van der Waals surface area contributed by atoms with Crippen molar-refractivity contribution in [3.63, 3.8) is 0 Å². The van der Waals surface area contributed by atoms with Gasteiger partial charge in [-0.25, -0.2) is 0 Å². The van der Waals surface area contributed by atoms with Crippen LogP contribution in [-0.2, 0) is 16.0 Å². The molecule has 1 aliphatic rings. The molecule has 0 radical (unpaired) electrons. The van der Waals surface area contributed by atoms with Crippen molar-refractivity contribution in [1.82, 2.24) is 15.1 Å². The number of nitrogens with zero attached hydrogens (tertiary/aromatic N) is 2. The third-order valence-corrected chi connectivity index (χ3v) is 4.42. The first-order valence-electron chi connectivity index (χ1n) is 8.91. The summed E-state index contributed by atoms with van der Waals surface area (Å²) in [4.78, 5) is 28.3. The minimum Gasteiger partial charge on any atom is -0.355 e. The van der Waals surface area contributed by atoms with Crippen LogP contribution in [-0.4, -0.2) is 60.9 Å². The number of hydrogen-bond acceptors (Lipinski definition) is 3. The number of amides is 2. The van der Waals surface area contributed by atoms with E-state index in [4.69, 9.17) is 0 Å². The van der Waals surface area contributed by atoms with Crippen molar-refractivity contribution in [2.24, 2.45) is 0 Å². The Hall–Kier alpha value is -1.88. The van der Waals surface area contributed by atoms with Crippen LogP contribution in [0.25, 0.3) is 0 Å². The largest absolute Gasteiger partial charge is 0.355 e. The predicted molar refractivity (Wildman–Crippen MR) is 95.8 cm³/mol. The highest BCUT2D eigenvalue weighted by Gasteiger charge is 2.22. The molecule has 1 aromatic carbocycles. The van der Waals surface area contributed by atoms with Crippen LogP contribution in [0.1, 0.15) is 30.9 Å². The van der Waals surface area contributed by atoms with Gasteiger partial charge in [-0.3, -0.25) is 14.5 Å². The second-order valence-corrected chi connectivity index (χ2v) is 6.52. The first-order valence-corrected chi connectivity index (χ1v) is 8.91. The number of rotatable bonds is 7. The number of unbranched alkanes of at least 4 members (excludes halogenated alkanes) is 1. The van der Waals surface area contributed by atoms with E-state index < -0.39 is 0 Å². The molecule has 1 aliphatic heterocycles. The molecule has 0 unspecified atom stereocenters. The summed E-state index contributed by atoms with van der Waals surface area (Å²) < 4.78 is 0. The van der Waals surface area contributed by atoms with Crippen molar-refractivity contribution in [2.45, 2.75) is 33.1 Å². The lowest BCUT2D eigenvalue weighted by Crippen LogP contribution is -2.51. The number of nitrogens with one attached hydrogen (secondary N) is 1. The van der Waals surface area contributed by atoms with Crippen LogP contribution < -0.4 is 5.32 Å². The SMILES string of the molecule is CCCCNC(=O)CN1CCN(C(=O)Cc2ccc(C)cc2)CC1. The molecule has 0 aromatic heterocycles. The number of piperazine rings is 1. The van der Waals surface area contributed by atoms with Gasteiger partial charge in [-0.15, -0.1) is 0 Å². The summed E-state index contributed by atoms with van der Waals surface area (Å²) in [6, 6.07) is 8.11. The minimum absolute atomic E-state index is 0.0860. The third kappa shape index (κ3) is 5.96. The zero-order valence-corrected chi connectivity index (χ0v) is 14.9. The molecule has 24 heavy (non-hydrogen) atoms. The molecule has 132 valence electrons. The molecule has 5 nitrogen and oxygen atoms in total. The van der Waals surface area contributed by atoms with E-state index in [2.05, 4.69) is 17.1 Å². The number of aryl methyl sites for hydroxylation is 1. The molecule has 5 heteroatoms. The van der Waals surface area contributed by atoms with E-state index in [9.17, 15) is 9.59 Å². The standard InChI is InChI=1S/C19H29N3O2/c1-3-4-9-20-18(23)15-21-10-12-22(13-11-21)19(24)14-17-7-5-16(2)6-8-17/h5-8H,3-4,9-15H2,1-2H3,(H,20,23). The predicted octanol–water partition coefficient (Wildman–Crippen LogP) is 1.60. The molecule has 0 saturated carbocycles. The highest BCUT2D eigenvalue weighted by Crippen LogP contribution is 2.08. The van der Waals surface area contributed by atoms with Crippen LogP contribution in [0, 0.1) is 6.92 Å². The summed E-state index contributed by atoms with van der Waals surface area (Å²) >= 11 is 0. The fraction of sp³-hybridized carbons (Fsp3) is 0.579. The maximum absolute atomic E-state index is 12.4. The summed E-state index contributed by atoms with van der Waals surface area (Å²) in [5.74, 6) is 0.258. The molecule has 1 aromatic rings. The van der Waals surface area contributed by atoms with Crippen LogP contribution in [0.3, 0.4) is 0 Å². The van der Waals surface area contributed by atoms with Crippen molar-refractivity contribution in [1.29, 1.82) is 0 Å². The Morgan fingerprint density at radius 1 is 1.08 bits per heavy atom. The topological polar surface area (TPSA) is 52.7 Å². The van der Waals surface area contributed by atoms with Gasteiger partial charge in [-0.2, -0.15) is 0 Å². The van der Waals surface area contributed by atoms with Gasteiger partial charge in [0.1, 0.15) is 0 Å². The van der Waals surface area contributed by atoms with Gasteiger partial charge in [-0.05, 0) is 18.9 Å². The number of hydrogen-bond donors (Lipinski definition) is 1. The maximum Gasteiger partial charge on any atom is 0.234 e.